The number of nitrogens with two attached hydrogens (primary N) is 2. The molecule has 1 aliphatic rings. The van der Waals surface area contributed by atoms with Gasteiger partial charge in [0.15, 0.2) is 6.23 Å². The number of ether oxygens (including phenoxy) is 1. The molecule has 0 aromatic heterocycles. The Morgan fingerprint density at radius 3 is 1.54 bits per heavy atom. The summed E-state index contributed by atoms with van der Waals surface area (Å²) in [5.41, 5.74) is 11.8. The van der Waals surface area contributed by atoms with Gasteiger partial charge in [-0.25, -0.2) is 0 Å². The fourth-order valence-corrected chi connectivity index (χ4v) is 7.39. The van der Waals surface area contributed by atoms with Crippen molar-refractivity contribution in [2.75, 3.05) is 19.7 Å². The third-order valence-corrected chi connectivity index (χ3v) is 10.9. The molecule has 6 atom stereocenters. The number of nitrogens with one attached hydrogen (secondary N) is 1. The summed E-state index contributed by atoms with van der Waals surface area (Å²) in [6, 6.07) is -1.91. The van der Waals surface area contributed by atoms with Gasteiger partial charge in [0, 0.05) is 13.0 Å². The second-order valence-electron chi connectivity index (χ2n) is 15.6. The Hall–Kier alpha value is -1.30. The predicted octanol–water partition coefficient (Wildman–Crippen LogP) is 7.38. The van der Waals surface area contributed by atoms with Crippen molar-refractivity contribution in [2.45, 2.75) is 237 Å². The average molecular weight is 741 g/mol. The number of carbonyl (C=O) groups is 2. The van der Waals surface area contributed by atoms with E-state index in [4.69, 9.17) is 16.2 Å². The molecular weight excluding hydrogens is 656 g/mol. The van der Waals surface area contributed by atoms with Crippen LogP contribution < -0.4 is 16.8 Å². The maximum absolute atomic E-state index is 13.9. The number of hydrogen-bond donors (Lipinski definition) is 6. The van der Waals surface area contributed by atoms with Crippen LogP contribution in [0.1, 0.15) is 200 Å². The number of rotatable bonds is 35. The Kier molecular flexibility index (Phi) is 31.0. The van der Waals surface area contributed by atoms with Crippen LogP contribution in [0.2, 0.25) is 0 Å². The van der Waals surface area contributed by atoms with Crippen LogP contribution in [0.4, 0.5) is 0 Å². The van der Waals surface area contributed by atoms with Gasteiger partial charge in [-0.3, -0.25) is 9.59 Å². The first-order valence-corrected chi connectivity index (χ1v) is 22.0. The molecule has 8 N–H and O–H groups in total. The van der Waals surface area contributed by atoms with E-state index in [9.17, 15) is 24.9 Å². The van der Waals surface area contributed by atoms with Gasteiger partial charge in [-0.1, -0.05) is 168 Å². The molecule has 10 nitrogen and oxygen atoms in total. The Morgan fingerprint density at radius 2 is 1.10 bits per heavy atom. The van der Waals surface area contributed by atoms with Crippen LogP contribution in [-0.4, -0.2) is 88.4 Å². The maximum Gasteiger partial charge on any atom is 0.237 e. The van der Waals surface area contributed by atoms with E-state index in [1.54, 1.807) is 4.90 Å². The van der Waals surface area contributed by atoms with E-state index >= 15 is 0 Å². The molecule has 308 valence electrons. The number of aliphatic hydroxyl groups excluding tert-OH is 3. The minimum absolute atomic E-state index is 0.0950. The van der Waals surface area contributed by atoms with Gasteiger partial charge in [0.1, 0.15) is 24.4 Å². The fourth-order valence-electron chi connectivity index (χ4n) is 7.39. The summed E-state index contributed by atoms with van der Waals surface area (Å²) in [5.74, 6) is -0.569. The van der Waals surface area contributed by atoms with Gasteiger partial charge in [-0.05, 0) is 32.2 Å². The van der Waals surface area contributed by atoms with Crippen molar-refractivity contribution in [2.24, 2.45) is 11.5 Å². The lowest BCUT2D eigenvalue weighted by molar-refractivity contribution is -0.231. The van der Waals surface area contributed by atoms with E-state index in [0.717, 1.165) is 51.4 Å². The summed E-state index contributed by atoms with van der Waals surface area (Å²) in [5, 5.41) is 34.8. The minimum atomic E-state index is -1.44. The Morgan fingerprint density at radius 1 is 0.654 bits per heavy atom. The van der Waals surface area contributed by atoms with Crippen LogP contribution in [-0.2, 0) is 14.3 Å². The summed E-state index contributed by atoms with van der Waals surface area (Å²) >= 11 is 0. The molecule has 0 radical (unpaired) electrons. The van der Waals surface area contributed by atoms with Crippen LogP contribution >= 0.6 is 0 Å². The molecule has 10 heteroatoms. The quantitative estimate of drug-likeness (QED) is 0.0366. The second kappa shape index (κ2) is 33.1. The van der Waals surface area contributed by atoms with Crippen molar-refractivity contribution in [1.82, 2.24) is 10.2 Å². The zero-order chi connectivity index (χ0) is 38.2. The largest absolute Gasteiger partial charge is 0.394 e. The van der Waals surface area contributed by atoms with E-state index < -0.39 is 49.1 Å². The standard InChI is InChI=1S/C42H84N4O6/c1-3-5-7-9-11-13-15-16-17-18-19-20-22-24-26-31-37(48)46(33-29-25-23-21-14-12-10-8-6-4-2)42-38(40(50)39(49)36(34-47)52-42)45-41(51)35(44)30-27-28-32-43/h35-36,38-40,42,47,49-50H,3-34,43-44H2,1-2H3,(H,45,51)/t35-,36+,38+,39+,40+,42+/m0/s1. The van der Waals surface area contributed by atoms with Gasteiger partial charge in [-0.15, -0.1) is 0 Å². The predicted molar refractivity (Wildman–Crippen MR) is 214 cm³/mol. The van der Waals surface area contributed by atoms with E-state index in [1.807, 2.05) is 0 Å². The third-order valence-electron chi connectivity index (χ3n) is 10.9. The molecule has 0 aromatic rings. The normalized spacial score (nSPS) is 20.9. The second-order valence-corrected chi connectivity index (χ2v) is 15.6. The highest BCUT2D eigenvalue weighted by molar-refractivity contribution is 5.82. The minimum Gasteiger partial charge on any atom is -0.394 e. The van der Waals surface area contributed by atoms with Crippen LogP contribution in [0.3, 0.4) is 0 Å². The number of amides is 2. The summed E-state index contributed by atoms with van der Waals surface area (Å²) in [6.07, 6.45) is 27.6. The van der Waals surface area contributed by atoms with Crippen molar-refractivity contribution < 1.29 is 29.6 Å². The van der Waals surface area contributed by atoms with Gasteiger partial charge < -0.3 is 41.7 Å². The molecular formula is C42H84N4O6. The number of carbonyl (C=O) groups excluding carboxylic acids is 2. The number of unbranched alkanes of at least 4 members (excludes halogenated alkanes) is 24. The van der Waals surface area contributed by atoms with Crippen LogP contribution in [0, 0.1) is 0 Å². The molecule has 0 aromatic carbocycles. The Bertz CT molecular complexity index is 851. The lowest BCUT2D eigenvalue weighted by atomic mass is 9.94. The first kappa shape index (κ1) is 48.7. The highest BCUT2D eigenvalue weighted by Gasteiger charge is 2.48. The molecule has 1 saturated heterocycles. The molecule has 0 unspecified atom stereocenters. The zero-order valence-corrected chi connectivity index (χ0v) is 33.8. The van der Waals surface area contributed by atoms with E-state index in [-0.39, 0.29) is 5.91 Å². The van der Waals surface area contributed by atoms with Crippen molar-refractivity contribution in [3.63, 3.8) is 0 Å². The van der Waals surface area contributed by atoms with Crippen LogP contribution in [0.15, 0.2) is 0 Å². The SMILES string of the molecule is CCCCCCCCCCCCCCCCCC(=O)N(CCCCCCCCCCCC)[C@@H]1O[C@H](CO)[C@@H](O)[C@H](O)[C@H]1NC(=O)[C@@H](N)CCCCN. The molecule has 1 fully saturated rings. The Labute approximate surface area is 319 Å². The zero-order valence-electron chi connectivity index (χ0n) is 33.8. The summed E-state index contributed by atoms with van der Waals surface area (Å²) in [4.78, 5) is 28.7. The highest BCUT2D eigenvalue weighted by Crippen LogP contribution is 2.26. The summed E-state index contributed by atoms with van der Waals surface area (Å²) in [6.45, 7) is 4.90. The molecule has 0 saturated carbocycles. The van der Waals surface area contributed by atoms with Crippen molar-refractivity contribution in [3.05, 3.63) is 0 Å². The molecule has 1 aliphatic heterocycles. The molecule has 0 spiro atoms. The fraction of sp³-hybridized carbons (Fsp3) is 0.952. The van der Waals surface area contributed by atoms with Gasteiger partial charge in [0.05, 0.1) is 12.6 Å². The summed E-state index contributed by atoms with van der Waals surface area (Å²) < 4.78 is 6.14. The molecule has 1 rings (SSSR count). The van der Waals surface area contributed by atoms with Crippen molar-refractivity contribution in [3.8, 4) is 0 Å². The van der Waals surface area contributed by atoms with Crippen molar-refractivity contribution >= 4 is 11.8 Å². The molecule has 52 heavy (non-hydrogen) atoms. The molecule has 1 heterocycles. The lowest BCUT2D eigenvalue weighted by Crippen LogP contribution is -2.69. The smallest absolute Gasteiger partial charge is 0.237 e. The van der Waals surface area contributed by atoms with E-state index in [0.29, 0.717) is 32.4 Å². The van der Waals surface area contributed by atoms with Crippen LogP contribution in [0.25, 0.3) is 0 Å². The molecule has 0 aliphatic carbocycles. The van der Waals surface area contributed by atoms with E-state index in [1.165, 1.54) is 116 Å². The monoisotopic (exact) mass is 741 g/mol. The Balaban J connectivity index is 2.73. The lowest BCUT2D eigenvalue weighted by Gasteiger charge is -2.47. The number of nitrogens with zero attached hydrogens (tertiary/aromatic N) is 1. The van der Waals surface area contributed by atoms with Gasteiger partial charge in [0.25, 0.3) is 0 Å². The first-order chi connectivity index (χ1) is 25.3. The number of hydrogen-bond acceptors (Lipinski definition) is 8. The van der Waals surface area contributed by atoms with Crippen LogP contribution in [0.5, 0.6) is 0 Å². The maximum atomic E-state index is 13.9. The first-order valence-electron chi connectivity index (χ1n) is 22.0. The topological polar surface area (TPSA) is 171 Å². The average Bonchev–Trinajstić information content (AvgIpc) is 3.14. The van der Waals surface area contributed by atoms with Gasteiger partial charge >= 0.3 is 0 Å². The molecule has 0 bridgehead atoms. The molecule has 2 amide bonds. The highest BCUT2D eigenvalue weighted by atomic mass is 16.5. The third kappa shape index (κ3) is 22.2. The summed E-state index contributed by atoms with van der Waals surface area (Å²) in [7, 11) is 0. The van der Waals surface area contributed by atoms with Gasteiger partial charge in [-0.2, -0.15) is 0 Å². The number of aliphatic hydroxyl groups is 3. The van der Waals surface area contributed by atoms with E-state index in [2.05, 4.69) is 19.2 Å². The van der Waals surface area contributed by atoms with Gasteiger partial charge in [0.2, 0.25) is 11.8 Å². The van der Waals surface area contributed by atoms with Crippen molar-refractivity contribution in [1.29, 1.82) is 0 Å².